The van der Waals surface area contributed by atoms with Crippen LogP contribution < -0.4 is 0 Å². The second kappa shape index (κ2) is 21.2. The van der Waals surface area contributed by atoms with E-state index in [0.29, 0.717) is 0 Å². The number of hydrogen-bond acceptors (Lipinski definition) is 14. The Morgan fingerprint density at radius 1 is 0.522 bits per heavy atom. The molecule has 356 valence electrons. The molecule has 4 aliphatic rings. The number of benzene rings is 5. The monoisotopic (exact) mass is 938 g/mol. The molecule has 0 radical (unpaired) electrons. The molecule has 5 aromatic rings. The molecule has 2 saturated heterocycles. The van der Waals surface area contributed by atoms with Gasteiger partial charge in [0.05, 0.1) is 54.8 Å². The van der Waals surface area contributed by atoms with Crippen LogP contribution in [0.5, 0.6) is 0 Å². The molecule has 5 aromatic carbocycles. The van der Waals surface area contributed by atoms with Crippen molar-refractivity contribution in [3.05, 3.63) is 178 Å². The zero-order valence-corrected chi connectivity index (χ0v) is 37.8. The normalized spacial score (nSPS) is 25.3. The average molecular weight is 939 g/mol. The van der Waals surface area contributed by atoms with E-state index in [1.165, 1.54) is 26.0 Å². The lowest BCUT2D eigenvalue weighted by Crippen LogP contribution is -2.69. The summed E-state index contributed by atoms with van der Waals surface area (Å²) in [4.78, 5) is 85.2. The van der Waals surface area contributed by atoms with E-state index in [2.05, 4.69) is 0 Å². The van der Waals surface area contributed by atoms with Crippen LogP contribution in [0.4, 0.5) is 0 Å². The van der Waals surface area contributed by atoms with Crippen molar-refractivity contribution in [2.45, 2.75) is 95.3 Å². The van der Waals surface area contributed by atoms with E-state index >= 15 is 0 Å². The van der Waals surface area contributed by atoms with E-state index in [-0.39, 0.29) is 61.7 Å². The predicted octanol–water partition coefficient (Wildman–Crippen LogP) is 6.05. The summed E-state index contributed by atoms with van der Waals surface area (Å²) in [6.07, 6.45) is -9.20. The third-order valence-electron chi connectivity index (χ3n) is 12.4. The van der Waals surface area contributed by atoms with E-state index in [0.717, 1.165) is 26.5 Å². The summed E-state index contributed by atoms with van der Waals surface area (Å²) in [5.74, 6) is -3.97. The summed E-state index contributed by atoms with van der Waals surface area (Å²) < 4.78 is 51.9. The smallest absolute Gasteiger partial charge is 0.302 e. The minimum absolute atomic E-state index is 0.00482. The first kappa shape index (κ1) is 47.2. The minimum Gasteiger partial charge on any atom is -0.463 e. The summed E-state index contributed by atoms with van der Waals surface area (Å²) in [6.45, 7) is 1.99. The molecule has 16 nitrogen and oxygen atoms in total. The van der Waals surface area contributed by atoms with Gasteiger partial charge in [-0.05, 0) is 41.0 Å². The van der Waals surface area contributed by atoms with Crippen molar-refractivity contribution in [2.24, 2.45) is 0 Å². The largest absolute Gasteiger partial charge is 0.463 e. The number of hydrogen-bond donors (Lipinski definition) is 0. The lowest BCUT2D eigenvalue weighted by atomic mass is 9.93. The number of esters is 2. The summed E-state index contributed by atoms with van der Waals surface area (Å²) in [5, 5.41) is 0. The van der Waals surface area contributed by atoms with Crippen molar-refractivity contribution < 1.29 is 66.7 Å². The summed E-state index contributed by atoms with van der Waals surface area (Å²) in [7, 11) is 0. The number of carbonyl (C=O) groups is 6. The first-order chi connectivity index (χ1) is 33.5. The van der Waals surface area contributed by atoms with Crippen LogP contribution in [0.15, 0.2) is 140 Å². The highest BCUT2D eigenvalue weighted by Gasteiger charge is 2.59. The number of imide groups is 2. The maximum absolute atomic E-state index is 14.7. The van der Waals surface area contributed by atoms with Crippen LogP contribution in [0.2, 0.25) is 0 Å². The molecule has 4 aliphatic heterocycles. The first-order valence-corrected chi connectivity index (χ1v) is 22.7. The zero-order valence-electron chi connectivity index (χ0n) is 37.8. The first-order valence-electron chi connectivity index (χ1n) is 22.7. The van der Waals surface area contributed by atoms with Gasteiger partial charge < -0.3 is 37.9 Å². The molecule has 9 rings (SSSR count). The molecule has 0 aromatic heterocycles. The van der Waals surface area contributed by atoms with Crippen LogP contribution in [-0.2, 0) is 67.3 Å². The fraction of sp³-hybridized carbons (Fsp3) is 0.321. The van der Waals surface area contributed by atoms with Crippen molar-refractivity contribution in [1.82, 2.24) is 9.80 Å². The molecule has 4 heterocycles. The molecule has 2 fully saturated rings. The Balaban J connectivity index is 1.17. The SMILES string of the molecule is CC(=O)OCC1C[C@H](OC(C)=O)[C@H](N2C(=O)c3ccccc3C2=O)[C@H](O[C@@H]2C(COCc3ccccc3)O[C@@H](OCc3ccccc3)[C@@H](N3C(=O)c4ccccc4C3=O)[C@H]2OCc2ccccc2)O1. The van der Waals surface area contributed by atoms with Gasteiger partial charge in [0.15, 0.2) is 12.6 Å². The van der Waals surface area contributed by atoms with Gasteiger partial charge in [-0.1, -0.05) is 115 Å². The molecule has 16 heteroatoms. The number of amides is 4. The van der Waals surface area contributed by atoms with Crippen LogP contribution in [0, 0.1) is 0 Å². The van der Waals surface area contributed by atoms with E-state index in [1.54, 1.807) is 36.4 Å². The number of fused-ring (bicyclic) bond motifs is 2. The Morgan fingerprint density at radius 2 is 0.986 bits per heavy atom. The lowest BCUT2D eigenvalue weighted by molar-refractivity contribution is -0.339. The van der Waals surface area contributed by atoms with Crippen molar-refractivity contribution in [2.75, 3.05) is 13.2 Å². The summed E-state index contributed by atoms with van der Waals surface area (Å²) >= 11 is 0. The maximum atomic E-state index is 14.7. The van der Waals surface area contributed by atoms with Crippen LogP contribution in [-0.4, -0.2) is 114 Å². The Labute approximate surface area is 397 Å². The highest BCUT2D eigenvalue weighted by atomic mass is 16.7. The van der Waals surface area contributed by atoms with Gasteiger partial charge in [-0.2, -0.15) is 0 Å². The summed E-state index contributed by atoms with van der Waals surface area (Å²) in [6, 6.07) is 37.9. The number of nitrogens with zero attached hydrogens (tertiary/aromatic N) is 2. The number of ether oxygens (including phenoxy) is 8. The second-order valence-electron chi connectivity index (χ2n) is 17.0. The van der Waals surface area contributed by atoms with Crippen molar-refractivity contribution in [1.29, 1.82) is 0 Å². The zero-order chi connectivity index (χ0) is 48.0. The lowest BCUT2D eigenvalue weighted by Gasteiger charge is -2.51. The maximum Gasteiger partial charge on any atom is 0.302 e. The third-order valence-corrected chi connectivity index (χ3v) is 12.4. The van der Waals surface area contributed by atoms with Crippen LogP contribution in [0.3, 0.4) is 0 Å². The van der Waals surface area contributed by atoms with Gasteiger partial charge in [0, 0.05) is 20.3 Å². The number of rotatable bonds is 17. The van der Waals surface area contributed by atoms with Gasteiger partial charge in [0.25, 0.3) is 23.6 Å². The van der Waals surface area contributed by atoms with Crippen LogP contribution in [0.25, 0.3) is 0 Å². The van der Waals surface area contributed by atoms with E-state index in [9.17, 15) is 28.8 Å². The van der Waals surface area contributed by atoms with Crippen molar-refractivity contribution in [3.63, 3.8) is 0 Å². The van der Waals surface area contributed by atoms with Crippen LogP contribution in [0.1, 0.15) is 78.4 Å². The van der Waals surface area contributed by atoms with Gasteiger partial charge in [-0.3, -0.25) is 38.6 Å². The Kier molecular flexibility index (Phi) is 14.5. The quantitative estimate of drug-likeness (QED) is 0.0776. The number of carbonyl (C=O) groups excluding carboxylic acids is 6. The van der Waals surface area contributed by atoms with Crippen LogP contribution >= 0.6 is 0 Å². The fourth-order valence-electron chi connectivity index (χ4n) is 9.24. The van der Waals surface area contributed by atoms with E-state index < -0.39 is 90.8 Å². The third kappa shape index (κ3) is 10.3. The highest BCUT2D eigenvalue weighted by Crippen LogP contribution is 2.40. The Hall–Kier alpha value is -6.92. The fourth-order valence-corrected chi connectivity index (χ4v) is 9.24. The van der Waals surface area contributed by atoms with Gasteiger partial charge in [-0.15, -0.1) is 0 Å². The predicted molar refractivity (Wildman–Crippen MR) is 243 cm³/mol. The minimum atomic E-state index is -1.65. The van der Waals surface area contributed by atoms with Gasteiger partial charge in [-0.25, -0.2) is 0 Å². The van der Waals surface area contributed by atoms with E-state index in [4.69, 9.17) is 37.9 Å². The van der Waals surface area contributed by atoms with Gasteiger partial charge in [0.1, 0.15) is 43.1 Å². The topological polar surface area (TPSA) is 183 Å². The molecule has 9 atom stereocenters. The molecular weight excluding hydrogens is 889 g/mol. The molecule has 69 heavy (non-hydrogen) atoms. The standard InChI is InChI=1S/C53H50N2O14/c1-32(56)63-30-37-26-42(66-33(2)57)44(54-48(58)38-22-12-13-23-39(38)49(54)59)53(67-37)69-46-43(31-62-27-34-16-6-3-7-17-34)68-52(65-29-36-20-10-5-11-21-36)45(47(46)64-28-35-18-8-4-9-19-35)55-50(60)40-24-14-15-25-41(40)51(55)61/h3-25,37,42-47,52-53H,26-31H2,1-2H3/t37?,42-,43?,44-,45-,46+,47+,52+,53-/m0/s1. The Morgan fingerprint density at radius 3 is 1.48 bits per heavy atom. The molecular formula is C53H50N2O14. The van der Waals surface area contributed by atoms with Gasteiger partial charge >= 0.3 is 11.9 Å². The molecule has 0 aliphatic carbocycles. The van der Waals surface area contributed by atoms with E-state index in [1.807, 2.05) is 91.0 Å². The molecule has 0 spiro atoms. The molecule has 0 bridgehead atoms. The average Bonchev–Trinajstić information content (AvgIpc) is 3.76. The van der Waals surface area contributed by atoms with Gasteiger partial charge in [0.2, 0.25) is 0 Å². The Bertz CT molecular complexity index is 2600. The highest BCUT2D eigenvalue weighted by molar-refractivity contribution is 6.22. The molecule has 4 amide bonds. The molecule has 0 saturated carbocycles. The summed E-state index contributed by atoms with van der Waals surface area (Å²) in [5.41, 5.74) is 2.91. The van der Waals surface area contributed by atoms with Crippen molar-refractivity contribution in [3.8, 4) is 0 Å². The molecule has 0 N–H and O–H groups in total. The van der Waals surface area contributed by atoms with Crippen molar-refractivity contribution >= 4 is 35.6 Å². The molecule has 2 unspecified atom stereocenters. The second-order valence-corrected chi connectivity index (χ2v) is 17.0.